The molecule has 1 rings (SSSR count). The van der Waals surface area contributed by atoms with Crippen molar-refractivity contribution in [3.63, 3.8) is 0 Å². The van der Waals surface area contributed by atoms with Crippen molar-refractivity contribution in [1.29, 1.82) is 0 Å². The number of rotatable bonds is 4. The minimum atomic E-state index is -0.884. The molecule has 0 aliphatic rings. The molecule has 0 radical (unpaired) electrons. The van der Waals surface area contributed by atoms with E-state index in [1.165, 1.54) is 13.2 Å². The van der Waals surface area contributed by atoms with Crippen LogP contribution in [-0.4, -0.2) is 25.7 Å². The summed E-state index contributed by atoms with van der Waals surface area (Å²) in [5.74, 6) is -0.966. The summed E-state index contributed by atoms with van der Waals surface area (Å²) in [6, 6.07) is 4.77. The molecule has 0 aliphatic carbocycles. The van der Waals surface area contributed by atoms with Gasteiger partial charge in [0.1, 0.15) is 6.61 Å². The minimum absolute atomic E-state index is 0.0610. The van der Waals surface area contributed by atoms with E-state index in [-0.39, 0.29) is 6.61 Å². The number of carbonyl (C=O) groups is 2. The topological polar surface area (TPSA) is 78.6 Å². The number of ether oxygens (including phenoxy) is 2. The molecule has 0 aromatic heterocycles. The summed E-state index contributed by atoms with van der Waals surface area (Å²) in [5, 5.41) is 0. The van der Waals surface area contributed by atoms with Crippen LogP contribution in [0.5, 0.6) is 0 Å². The highest BCUT2D eigenvalue weighted by Crippen LogP contribution is 2.22. The van der Waals surface area contributed by atoms with Gasteiger partial charge in [-0.05, 0) is 48.0 Å². The van der Waals surface area contributed by atoms with E-state index < -0.39 is 17.4 Å². The highest BCUT2D eigenvalue weighted by atomic mass is 79.9. The molecule has 2 N–H and O–H groups in total. The lowest BCUT2D eigenvalue weighted by molar-refractivity contribution is -0.152. The first-order valence-corrected chi connectivity index (χ1v) is 6.38. The molecule has 6 heteroatoms. The maximum Gasteiger partial charge on any atom is 0.338 e. The quantitative estimate of drug-likeness (QED) is 0.677. The Kier molecular flexibility index (Phi) is 4.94. The second kappa shape index (κ2) is 6.06. The van der Waals surface area contributed by atoms with E-state index in [9.17, 15) is 9.59 Å². The molecule has 0 bridgehead atoms. The van der Waals surface area contributed by atoms with Gasteiger partial charge in [0.2, 0.25) is 0 Å². The number of nitrogens with two attached hydrogens (primary N) is 1. The second-order valence-corrected chi connectivity index (χ2v) is 5.54. The number of halogens is 1. The lowest BCUT2D eigenvalue weighted by Gasteiger charge is -2.20. The Bertz CT molecular complexity index is 499. The molecule has 0 unspecified atom stereocenters. The van der Waals surface area contributed by atoms with E-state index in [0.29, 0.717) is 15.7 Å². The zero-order chi connectivity index (χ0) is 14.6. The Labute approximate surface area is 120 Å². The van der Waals surface area contributed by atoms with Crippen LogP contribution in [0.2, 0.25) is 0 Å². The first kappa shape index (κ1) is 15.5. The number of hydrogen-bond acceptors (Lipinski definition) is 5. The Morgan fingerprint density at radius 1 is 1.37 bits per heavy atom. The molecule has 1 aromatic carbocycles. The van der Waals surface area contributed by atoms with Crippen molar-refractivity contribution in [3.8, 4) is 0 Å². The van der Waals surface area contributed by atoms with Crippen LogP contribution in [0.25, 0.3) is 0 Å². The summed E-state index contributed by atoms with van der Waals surface area (Å²) >= 11 is 3.24. The fourth-order valence-electron chi connectivity index (χ4n) is 1.34. The molecule has 5 nitrogen and oxygen atoms in total. The van der Waals surface area contributed by atoms with Crippen molar-refractivity contribution in [3.05, 3.63) is 28.2 Å². The molecule has 0 saturated heterocycles. The highest BCUT2D eigenvalue weighted by molar-refractivity contribution is 9.10. The molecule has 19 heavy (non-hydrogen) atoms. The van der Waals surface area contributed by atoms with E-state index in [2.05, 4.69) is 20.7 Å². The summed E-state index contributed by atoms with van der Waals surface area (Å²) in [7, 11) is 1.29. The molecule has 104 valence electrons. The zero-order valence-corrected chi connectivity index (χ0v) is 12.6. The summed E-state index contributed by atoms with van der Waals surface area (Å²) in [6.45, 7) is 3.22. The predicted molar refractivity (Wildman–Crippen MR) is 74.6 cm³/mol. The van der Waals surface area contributed by atoms with Crippen LogP contribution >= 0.6 is 15.9 Å². The number of methoxy groups -OCH3 is 1. The maximum atomic E-state index is 11.8. The Morgan fingerprint density at radius 3 is 2.53 bits per heavy atom. The smallest absolute Gasteiger partial charge is 0.338 e. The standard InChI is InChI=1S/C13H16BrNO4/c1-13(2,12(17)18-3)7-19-11(16)8-4-5-9(14)10(15)6-8/h4-6H,7,15H2,1-3H3. The number of anilines is 1. The van der Waals surface area contributed by atoms with Crippen molar-refractivity contribution in [1.82, 2.24) is 0 Å². The number of carbonyl (C=O) groups excluding carboxylic acids is 2. The molecule has 0 fully saturated rings. The van der Waals surface area contributed by atoms with Gasteiger partial charge in [0.05, 0.1) is 18.1 Å². The van der Waals surface area contributed by atoms with Gasteiger partial charge in [0, 0.05) is 10.2 Å². The first-order chi connectivity index (χ1) is 8.77. The average Bonchev–Trinajstić information content (AvgIpc) is 2.38. The normalized spacial score (nSPS) is 10.9. The van der Waals surface area contributed by atoms with Gasteiger partial charge in [-0.1, -0.05) is 0 Å². The van der Waals surface area contributed by atoms with E-state index in [0.717, 1.165) is 0 Å². The van der Waals surface area contributed by atoms with Gasteiger partial charge in [0.15, 0.2) is 0 Å². The molecule has 0 saturated carbocycles. The third-order valence-electron chi connectivity index (χ3n) is 2.53. The Balaban J connectivity index is 2.70. The van der Waals surface area contributed by atoms with Crippen molar-refractivity contribution >= 4 is 33.6 Å². The van der Waals surface area contributed by atoms with Crippen LogP contribution in [0.4, 0.5) is 5.69 Å². The molecular weight excluding hydrogens is 314 g/mol. The van der Waals surface area contributed by atoms with Crippen LogP contribution in [0.1, 0.15) is 24.2 Å². The molecule has 0 amide bonds. The fourth-order valence-corrected chi connectivity index (χ4v) is 1.58. The molecule has 0 aliphatic heterocycles. The third kappa shape index (κ3) is 3.96. The van der Waals surface area contributed by atoms with Gasteiger partial charge in [-0.25, -0.2) is 4.79 Å². The van der Waals surface area contributed by atoms with E-state index in [1.54, 1.807) is 26.0 Å². The highest BCUT2D eigenvalue weighted by Gasteiger charge is 2.30. The first-order valence-electron chi connectivity index (χ1n) is 5.58. The second-order valence-electron chi connectivity index (χ2n) is 4.69. The van der Waals surface area contributed by atoms with Gasteiger partial charge >= 0.3 is 11.9 Å². The SMILES string of the molecule is COC(=O)C(C)(C)COC(=O)c1ccc(Br)c(N)c1. The number of benzene rings is 1. The van der Waals surface area contributed by atoms with E-state index in [4.69, 9.17) is 10.5 Å². The number of hydrogen-bond donors (Lipinski definition) is 1. The van der Waals surface area contributed by atoms with Crippen molar-refractivity contribution in [2.45, 2.75) is 13.8 Å². The lowest BCUT2D eigenvalue weighted by atomic mass is 9.95. The van der Waals surface area contributed by atoms with Gasteiger partial charge < -0.3 is 15.2 Å². The minimum Gasteiger partial charge on any atom is -0.469 e. The van der Waals surface area contributed by atoms with Crippen LogP contribution < -0.4 is 5.73 Å². The largest absolute Gasteiger partial charge is 0.469 e. The van der Waals surface area contributed by atoms with Crippen LogP contribution in [-0.2, 0) is 14.3 Å². The van der Waals surface area contributed by atoms with Crippen LogP contribution in [0, 0.1) is 5.41 Å². The molecular formula is C13H16BrNO4. The predicted octanol–water partition coefficient (Wildman–Crippen LogP) is 2.39. The molecule has 0 spiro atoms. The zero-order valence-electron chi connectivity index (χ0n) is 11.0. The summed E-state index contributed by atoms with van der Waals surface area (Å²) in [5.41, 5.74) is 5.58. The third-order valence-corrected chi connectivity index (χ3v) is 3.26. The van der Waals surface area contributed by atoms with Crippen LogP contribution in [0.3, 0.4) is 0 Å². The summed E-state index contributed by atoms with van der Waals surface area (Å²) in [6.07, 6.45) is 0. The van der Waals surface area contributed by atoms with Gasteiger partial charge in [-0.3, -0.25) is 4.79 Å². The molecule has 0 atom stereocenters. The average molecular weight is 330 g/mol. The van der Waals surface area contributed by atoms with E-state index in [1.807, 2.05) is 0 Å². The van der Waals surface area contributed by atoms with Crippen molar-refractivity contribution < 1.29 is 19.1 Å². The van der Waals surface area contributed by atoms with Gasteiger partial charge in [0.25, 0.3) is 0 Å². The Hall–Kier alpha value is -1.56. The maximum absolute atomic E-state index is 11.8. The van der Waals surface area contributed by atoms with Crippen LogP contribution in [0.15, 0.2) is 22.7 Å². The molecule has 0 heterocycles. The van der Waals surface area contributed by atoms with Gasteiger partial charge in [-0.2, -0.15) is 0 Å². The van der Waals surface area contributed by atoms with Gasteiger partial charge in [-0.15, -0.1) is 0 Å². The van der Waals surface area contributed by atoms with Crippen molar-refractivity contribution in [2.75, 3.05) is 19.5 Å². The fraction of sp³-hybridized carbons (Fsp3) is 0.385. The summed E-state index contributed by atoms with van der Waals surface area (Å²) in [4.78, 5) is 23.3. The number of esters is 2. The number of nitrogen functional groups attached to an aromatic ring is 1. The van der Waals surface area contributed by atoms with E-state index >= 15 is 0 Å². The Morgan fingerprint density at radius 2 is 2.00 bits per heavy atom. The summed E-state index contributed by atoms with van der Waals surface area (Å²) < 4.78 is 10.4. The molecule has 1 aromatic rings. The monoisotopic (exact) mass is 329 g/mol. The van der Waals surface area contributed by atoms with Crippen molar-refractivity contribution in [2.24, 2.45) is 5.41 Å². The lowest BCUT2D eigenvalue weighted by Crippen LogP contribution is -2.31.